The van der Waals surface area contributed by atoms with E-state index in [0.717, 1.165) is 69.5 Å². The number of aromatic nitrogens is 1. The number of ether oxygens (including phenoxy) is 3. The summed E-state index contributed by atoms with van der Waals surface area (Å²) in [7, 11) is 0. The normalized spacial score (nSPS) is 15.6. The smallest absolute Gasteiger partial charge is 0.0856 e. The average molecular weight is 371 g/mol. The fourth-order valence-electron chi connectivity index (χ4n) is 2.56. The molecule has 0 amide bonds. The third kappa shape index (κ3) is 8.02. The van der Waals surface area contributed by atoms with Gasteiger partial charge in [-0.25, -0.2) is 0 Å². The Morgan fingerprint density at radius 2 is 1.96 bits per heavy atom. The third-order valence-electron chi connectivity index (χ3n) is 4.13. The highest BCUT2D eigenvalue weighted by Crippen LogP contribution is 2.24. The fourth-order valence-corrected chi connectivity index (χ4v) is 3.53. The number of pyridine rings is 1. The lowest BCUT2D eigenvalue weighted by molar-refractivity contribution is 0.00814. The number of morpholine rings is 1. The zero-order valence-corrected chi connectivity index (χ0v) is 15.9. The molecule has 7 heteroatoms. The molecule has 1 saturated heterocycles. The van der Waals surface area contributed by atoms with Crippen LogP contribution in [0.25, 0.3) is 0 Å². The van der Waals surface area contributed by atoms with Crippen LogP contribution in [0.3, 0.4) is 0 Å². The minimum atomic E-state index is -0.00508. The van der Waals surface area contributed by atoms with E-state index >= 15 is 0 Å². The number of aliphatic hydroxyl groups is 1. The second-order valence-electron chi connectivity index (χ2n) is 5.92. The lowest BCUT2D eigenvalue weighted by atomic mass is 10.2. The van der Waals surface area contributed by atoms with Crippen molar-refractivity contribution < 1.29 is 19.3 Å². The molecule has 0 spiro atoms. The molecule has 0 radical (unpaired) electrons. The van der Waals surface area contributed by atoms with Crippen LogP contribution in [0.5, 0.6) is 0 Å². The lowest BCUT2D eigenvalue weighted by Gasteiger charge is -2.26. The van der Waals surface area contributed by atoms with Gasteiger partial charge in [0.1, 0.15) is 0 Å². The summed E-state index contributed by atoms with van der Waals surface area (Å²) in [6.45, 7) is 9.47. The first-order chi connectivity index (χ1) is 12.3. The van der Waals surface area contributed by atoms with Crippen LogP contribution in [0.2, 0.25) is 0 Å². The van der Waals surface area contributed by atoms with Crippen LogP contribution in [-0.2, 0) is 20.8 Å². The van der Waals surface area contributed by atoms with E-state index in [1.807, 2.05) is 13.0 Å². The molecule has 0 aliphatic carbocycles. The minimum Gasteiger partial charge on any atom is -0.390 e. The molecular formula is C18H30N2O4S. The fraction of sp³-hybridized carbons (Fsp3) is 0.722. The standard InChI is InChI=1S/C18H30N2O4S/c1-16-17(15-21)19-4-3-18(16)25-14-2-8-22-12-13-24-11-7-20-5-9-23-10-6-20/h3-4,21H,2,5-15H2,1H3. The summed E-state index contributed by atoms with van der Waals surface area (Å²) in [6.07, 6.45) is 2.75. The molecule has 0 bridgehead atoms. The molecule has 1 N–H and O–H groups in total. The van der Waals surface area contributed by atoms with Crippen molar-refractivity contribution in [1.29, 1.82) is 0 Å². The predicted octanol–water partition coefficient (Wildman–Crippen LogP) is 1.73. The Labute approximate surface area is 154 Å². The number of aliphatic hydroxyl groups excluding tert-OH is 1. The SMILES string of the molecule is Cc1c(SCCCOCCOCCN2CCOCC2)ccnc1CO. The molecule has 142 valence electrons. The van der Waals surface area contributed by atoms with E-state index in [9.17, 15) is 5.11 Å². The monoisotopic (exact) mass is 370 g/mol. The van der Waals surface area contributed by atoms with Crippen molar-refractivity contribution in [1.82, 2.24) is 9.88 Å². The Hall–Kier alpha value is -0.700. The summed E-state index contributed by atoms with van der Waals surface area (Å²) in [6, 6.07) is 2.00. The van der Waals surface area contributed by atoms with Gasteiger partial charge in [-0.2, -0.15) is 0 Å². The predicted molar refractivity (Wildman–Crippen MR) is 99.1 cm³/mol. The van der Waals surface area contributed by atoms with E-state index in [2.05, 4.69) is 9.88 Å². The van der Waals surface area contributed by atoms with Gasteiger partial charge in [0.25, 0.3) is 0 Å². The number of hydrogen-bond donors (Lipinski definition) is 1. The van der Waals surface area contributed by atoms with Crippen LogP contribution in [0, 0.1) is 6.92 Å². The second kappa shape index (κ2) is 12.6. The van der Waals surface area contributed by atoms with Crippen LogP contribution >= 0.6 is 11.8 Å². The van der Waals surface area contributed by atoms with E-state index in [1.54, 1.807) is 18.0 Å². The van der Waals surface area contributed by atoms with Crippen molar-refractivity contribution in [2.75, 3.05) is 65.0 Å². The van der Waals surface area contributed by atoms with Gasteiger partial charge in [-0.15, -0.1) is 11.8 Å². The second-order valence-corrected chi connectivity index (χ2v) is 7.06. The van der Waals surface area contributed by atoms with Gasteiger partial charge in [0.2, 0.25) is 0 Å². The zero-order chi connectivity index (χ0) is 17.7. The lowest BCUT2D eigenvalue weighted by Crippen LogP contribution is -2.38. The Bertz CT molecular complexity index is 484. The van der Waals surface area contributed by atoms with Crippen molar-refractivity contribution in [2.24, 2.45) is 0 Å². The molecule has 2 heterocycles. The van der Waals surface area contributed by atoms with Gasteiger partial charge in [-0.05, 0) is 25.0 Å². The summed E-state index contributed by atoms with van der Waals surface area (Å²) in [5.74, 6) is 0.994. The summed E-state index contributed by atoms with van der Waals surface area (Å²) < 4.78 is 16.5. The van der Waals surface area contributed by atoms with Crippen molar-refractivity contribution in [2.45, 2.75) is 24.8 Å². The molecule has 1 aliphatic heterocycles. The number of rotatable bonds is 12. The zero-order valence-electron chi connectivity index (χ0n) is 15.1. The summed E-state index contributed by atoms with van der Waals surface area (Å²) >= 11 is 1.79. The third-order valence-corrected chi connectivity index (χ3v) is 5.37. The molecule has 6 nitrogen and oxygen atoms in total. The van der Waals surface area contributed by atoms with Gasteiger partial charge in [0, 0.05) is 43.1 Å². The van der Waals surface area contributed by atoms with Gasteiger partial charge < -0.3 is 19.3 Å². The van der Waals surface area contributed by atoms with Crippen LogP contribution in [0.15, 0.2) is 17.2 Å². The van der Waals surface area contributed by atoms with E-state index < -0.39 is 0 Å². The maximum Gasteiger partial charge on any atom is 0.0856 e. The van der Waals surface area contributed by atoms with Gasteiger partial charge >= 0.3 is 0 Å². The molecular weight excluding hydrogens is 340 g/mol. The van der Waals surface area contributed by atoms with Gasteiger partial charge in [0.15, 0.2) is 0 Å². The van der Waals surface area contributed by atoms with E-state index in [1.165, 1.54) is 4.90 Å². The molecule has 1 aliphatic rings. The molecule has 0 unspecified atom stereocenters. The van der Waals surface area contributed by atoms with E-state index in [0.29, 0.717) is 13.2 Å². The highest BCUT2D eigenvalue weighted by molar-refractivity contribution is 7.99. The highest BCUT2D eigenvalue weighted by atomic mass is 32.2. The van der Waals surface area contributed by atoms with Gasteiger partial charge in [0.05, 0.1) is 45.3 Å². The Balaban J connectivity index is 1.42. The van der Waals surface area contributed by atoms with Gasteiger partial charge in [-0.1, -0.05) is 0 Å². The Morgan fingerprint density at radius 3 is 2.72 bits per heavy atom. The molecule has 1 aromatic heterocycles. The van der Waals surface area contributed by atoms with Crippen molar-refractivity contribution >= 4 is 11.8 Å². The molecule has 2 rings (SSSR count). The topological polar surface area (TPSA) is 64.1 Å². The molecule has 0 saturated carbocycles. The Kier molecular flexibility index (Phi) is 10.4. The number of nitrogens with zero attached hydrogens (tertiary/aromatic N) is 2. The van der Waals surface area contributed by atoms with Crippen LogP contribution < -0.4 is 0 Å². The van der Waals surface area contributed by atoms with Crippen molar-refractivity contribution in [3.05, 3.63) is 23.5 Å². The molecule has 25 heavy (non-hydrogen) atoms. The van der Waals surface area contributed by atoms with Crippen molar-refractivity contribution in [3.8, 4) is 0 Å². The van der Waals surface area contributed by atoms with E-state index in [4.69, 9.17) is 14.2 Å². The summed E-state index contributed by atoms with van der Waals surface area (Å²) in [4.78, 5) is 7.72. The Morgan fingerprint density at radius 1 is 1.20 bits per heavy atom. The van der Waals surface area contributed by atoms with Crippen LogP contribution in [0.4, 0.5) is 0 Å². The molecule has 0 atom stereocenters. The first-order valence-electron chi connectivity index (χ1n) is 8.95. The van der Waals surface area contributed by atoms with Crippen LogP contribution in [0.1, 0.15) is 17.7 Å². The number of hydrogen-bond acceptors (Lipinski definition) is 7. The van der Waals surface area contributed by atoms with Crippen LogP contribution in [-0.4, -0.2) is 80.0 Å². The van der Waals surface area contributed by atoms with Gasteiger partial charge in [-0.3, -0.25) is 9.88 Å². The minimum absolute atomic E-state index is 0.00508. The number of thioether (sulfide) groups is 1. The van der Waals surface area contributed by atoms with Crippen molar-refractivity contribution in [3.63, 3.8) is 0 Å². The average Bonchev–Trinajstić information content (AvgIpc) is 2.65. The molecule has 1 fully saturated rings. The maximum absolute atomic E-state index is 9.24. The summed E-state index contributed by atoms with van der Waals surface area (Å²) in [5.41, 5.74) is 1.83. The largest absolute Gasteiger partial charge is 0.390 e. The first-order valence-corrected chi connectivity index (χ1v) is 9.93. The summed E-state index contributed by atoms with van der Waals surface area (Å²) in [5, 5.41) is 9.24. The quantitative estimate of drug-likeness (QED) is 0.444. The first kappa shape index (κ1) is 20.6. The molecule has 0 aromatic carbocycles. The highest BCUT2D eigenvalue weighted by Gasteiger charge is 2.09. The van der Waals surface area contributed by atoms with E-state index in [-0.39, 0.29) is 6.61 Å². The maximum atomic E-state index is 9.24. The molecule has 1 aromatic rings.